The van der Waals surface area contributed by atoms with Crippen LogP contribution in [0.5, 0.6) is 5.75 Å². The van der Waals surface area contributed by atoms with E-state index in [4.69, 9.17) is 0 Å². The molecule has 0 radical (unpaired) electrons. The van der Waals surface area contributed by atoms with Crippen LogP contribution < -0.4 is 0 Å². The summed E-state index contributed by atoms with van der Waals surface area (Å²) in [4.78, 5) is 1.59. The monoisotopic (exact) mass is 435 g/mol. The van der Waals surface area contributed by atoms with Gasteiger partial charge < -0.3 is 5.11 Å². The molecule has 0 aliphatic heterocycles. The van der Waals surface area contributed by atoms with Gasteiger partial charge >= 0.3 is 0 Å². The van der Waals surface area contributed by atoms with E-state index in [2.05, 4.69) is 49.2 Å². The second-order valence-electron chi connectivity index (χ2n) is 9.65. The van der Waals surface area contributed by atoms with E-state index in [1.165, 1.54) is 75.3 Å². The topological polar surface area (TPSA) is 50.9 Å². The van der Waals surface area contributed by atoms with Gasteiger partial charge in [-0.15, -0.1) is 15.0 Å². The molecule has 0 aliphatic carbocycles. The molecular weight excluding hydrogens is 394 g/mol. The number of phenols is 1. The van der Waals surface area contributed by atoms with Gasteiger partial charge in [-0.3, -0.25) is 0 Å². The fraction of sp³-hybridized carbons (Fsp3) is 0.571. The summed E-state index contributed by atoms with van der Waals surface area (Å²) < 4.78 is 0. The van der Waals surface area contributed by atoms with Crippen molar-refractivity contribution in [3.63, 3.8) is 0 Å². The molecule has 0 saturated carbocycles. The summed E-state index contributed by atoms with van der Waals surface area (Å²) in [6.07, 6.45) is 15.0. The predicted molar refractivity (Wildman–Crippen MR) is 135 cm³/mol. The highest BCUT2D eigenvalue weighted by Gasteiger charge is 2.11. The molecule has 4 nitrogen and oxygen atoms in total. The Bertz CT molecular complexity index is 960. The Morgan fingerprint density at radius 3 is 2.12 bits per heavy atom. The number of hydrogen-bond donors (Lipinski definition) is 1. The fourth-order valence-electron chi connectivity index (χ4n) is 4.28. The van der Waals surface area contributed by atoms with Gasteiger partial charge in [0.05, 0.1) is 0 Å². The highest BCUT2D eigenvalue weighted by Crippen LogP contribution is 2.25. The molecule has 0 aliphatic rings. The van der Waals surface area contributed by atoms with Crippen molar-refractivity contribution in [2.45, 2.75) is 97.8 Å². The first-order chi connectivity index (χ1) is 15.6. The number of aromatic hydroxyl groups is 1. The van der Waals surface area contributed by atoms with E-state index in [0.717, 1.165) is 29.8 Å². The lowest BCUT2D eigenvalue weighted by Gasteiger charge is -2.08. The summed E-state index contributed by atoms with van der Waals surface area (Å²) in [7, 11) is 0. The Balaban J connectivity index is 1.61. The number of aryl methyl sites for hydroxylation is 2. The quantitative estimate of drug-likeness (QED) is 0.263. The van der Waals surface area contributed by atoms with Crippen LogP contribution in [0, 0.1) is 5.92 Å². The first-order valence-electron chi connectivity index (χ1n) is 12.7. The lowest BCUT2D eigenvalue weighted by molar-refractivity contribution is 0.467. The van der Waals surface area contributed by atoms with E-state index in [1.54, 1.807) is 10.9 Å². The zero-order chi connectivity index (χ0) is 22.8. The highest BCUT2D eigenvalue weighted by molar-refractivity contribution is 5.75. The van der Waals surface area contributed by atoms with E-state index < -0.39 is 0 Å². The zero-order valence-electron chi connectivity index (χ0n) is 20.3. The van der Waals surface area contributed by atoms with Crippen LogP contribution in [0.3, 0.4) is 0 Å². The fourth-order valence-corrected chi connectivity index (χ4v) is 4.28. The molecule has 3 rings (SSSR count). The molecule has 0 saturated heterocycles. The van der Waals surface area contributed by atoms with Crippen molar-refractivity contribution in [3.05, 3.63) is 47.5 Å². The Morgan fingerprint density at radius 1 is 0.750 bits per heavy atom. The number of nitrogens with zero attached hydrogens (tertiary/aromatic N) is 3. The second-order valence-corrected chi connectivity index (χ2v) is 9.65. The average Bonchev–Trinajstić information content (AvgIpc) is 3.20. The third-order valence-corrected chi connectivity index (χ3v) is 6.27. The molecule has 1 N–H and O–H groups in total. The standard InChI is InChI=1S/C28H41N3O/c1-4-5-6-7-8-11-14-23-16-18-25-26(20-23)30-31(29-25)27-21-24(17-19-28(27)32)15-12-9-10-13-22(2)3/h16-22,32H,4-15H2,1-3H3. The van der Waals surface area contributed by atoms with Crippen molar-refractivity contribution in [1.82, 2.24) is 15.0 Å². The number of aromatic nitrogens is 3. The first kappa shape index (κ1) is 24.3. The van der Waals surface area contributed by atoms with Crippen LogP contribution in [0.4, 0.5) is 0 Å². The van der Waals surface area contributed by atoms with Crippen molar-refractivity contribution in [2.24, 2.45) is 5.92 Å². The first-order valence-corrected chi connectivity index (χ1v) is 12.7. The SMILES string of the molecule is CCCCCCCCc1ccc2nn(-c3cc(CCCCCC(C)C)ccc3O)nc2c1. The van der Waals surface area contributed by atoms with Crippen molar-refractivity contribution in [1.29, 1.82) is 0 Å². The third-order valence-electron chi connectivity index (χ3n) is 6.27. The summed E-state index contributed by atoms with van der Waals surface area (Å²) in [5.74, 6) is 1.00. The maximum atomic E-state index is 10.4. The van der Waals surface area contributed by atoms with Crippen LogP contribution in [-0.2, 0) is 12.8 Å². The summed E-state index contributed by atoms with van der Waals surface area (Å²) in [6.45, 7) is 6.82. The van der Waals surface area contributed by atoms with Gasteiger partial charge in [0.1, 0.15) is 22.5 Å². The average molecular weight is 436 g/mol. The maximum absolute atomic E-state index is 10.4. The normalized spacial score (nSPS) is 11.6. The summed E-state index contributed by atoms with van der Waals surface area (Å²) >= 11 is 0. The van der Waals surface area contributed by atoms with Crippen molar-refractivity contribution in [3.8, 4) is 11.4 Å². The number of rotatable bonds is 14. The molecule has 1 heterocycles. The minimum absolute atomic E-state index is 0.223. The molecule has 0 spiro atoms. The molecule has 4 heteroatoms. The number of hydrogen-bond acceptors (Lipinski definition) is 3. The van der Waals surface area contributed by atoms with Crippen LogP contribution in [0.25, 0.3) is 16.7 Å². The molecular formula is C28H41N3O. The molecule has 0 atom stereocenters. The van der Waals surface area contributed by atoms with Crippen LogP contribution in [-0.4, -0.2) is 20.1 Å². The number of benzene rings is 2. The van der Waals surface area contributed by atoms with Gasteiger partial charge in [0.25, 0.3) is 0 Å². The van der Waals surface area contributed by atoms with Gasteiger partial charge in [0.2, 0.25) is 0 Å². The molecule has 0 unspecified atom stereocenters. The van der Waals surface area contributed by atoms with Gasteiger partial charge in [-0.2, -0.15) is 0 Å². The molecule has 3 aromatic rings. The predicted octanol–water partition coefficient (Wildman–Crippen LogP) is 7.79. The number of unbranched alkanes of at least 4 members (excludes halogenated alkanes) is 7. The van der Waals surface area contributed by atoms with E-state index in [1.807, 2.05) is 12.1 Å². The minimum Gasteiger partial charge on any atom is -0.506 e. The van der Waals surface area contributed by atoms with Gasteiger partial charge in [-0.25, -0.2) is 0 Å². The number of fused-ring (bicyclic) bond motifs is 1. The van der Waals surface area contributed by atoms with E-state index in [9.17, 15) is 5.11 Å². The Labute approximate surface area is 194 Å². The Morgan fingerprint density at radius 2 is 1.38 bits per heavy atom. The molecule has 32 heavy (non-hydrogen) atoms. The summed E-state index contributed by atoms with van der Waals surface area (Å²) in [5, 5.41) is 19.8. The Hall–Kier alpha value is -2.36. The van der Waals surface area contributed by atoms with Crippen LogP contribution in [0.15, 0.2) is 36.4 Å². The Kier molecular flexibility index (Phi) is 9.58. The van der Waals surface area contributed by atoms with Gasteiger partial charge in [-0.1, -0.05) is 84.3 Å². The van der Waals surface area contributed by atoms with E-state index >= 15 is 0 Å². The van der Waals surface area contributed by atoms with Crippen molar-refractivity contribution < 1.29 is 5.11 Å². The highest BCUT2D eigenvalue weighted by atomic mass is 16.3. The molecule has 2 aromatic carbocycles. The van der Waals surface area contributed by atoms with Crippen LogP contribution in [0.2, 0.25) is 0 Å². The zero-order valence-corrected chi connectivity index (χ0v) is 20.3. The van der Waals surface area contributed by atoms with E-state index in [0.29, 0.717) is 5.69 Å². The van der Waals surface area contributed by atoms with Gasteiger partial charge in [-0.05, 0) is 67.0 Å². The van der Waals surface area contributed by atoms with Crippen LogP contribution in [0.1, 0.15) is 96.1 Å². The third kappa shape index (κ3) is 7.36. The van der Waals surface area contributed by atoms with Crippen molar-refractivity contribution >= 4 is 11.0 Å². The van der Waals surface area contributed by atoms with Crippen LogP contribution >= 0.6 is 0 Å². The lowest BCUT2D eigenvalue weighted by Crippen LogP contribution is -2.00. The molecule has 1 aromatic heterocycles. The maximum Gasteiger partial charge on any atom is 0.143 e. The summed E-state index contributed by atoms with van der Waals surface area (Å²) in [5.41, 5.74) is 4.98. The largest absolute Gasteiger partial charge is 0.506 e. The van der Waals surface area contributed by atoms with Crippen molar-refractivity contribution in [2.75, 3.05) is 0 Å². The van der Waals surface area contributed by atoms with Gasteiger partial charge in [0, 0.05) is 0 Å². The number of phenolic OH excluding ortho intramolecular Hbond substituents is 1. The minimum atomic E-state index is 0.223. The summed E-state index contributed by atoms with van der Waals surface area (Å²) in [6, 6.07) is 12.2. The molecule has 0 bridgehead atoms. The van der Waals surface area contributed by atoms with E-state index in [-0.39, 0.29) is 5.75 Å². The van der Waals surface area contributed by atoms with Gasteiger partial charge in [0.15, 0.2) is 0 Å². The lowest BCUT2D eigenvalue weighted by atomic mass is 10.0. The smallest absolute Gasteiger partial charge is 0.143 e. The molecule has 0 amide bonds. The molecule has 0 fully saturated rings. The molecule has 174 valence electrons. The second kappa shape index (κ2) is 12.6.